The second-order valence-electron chi connectivity index (χ2n) is 7.34. The SMILES string of the molecule is O=C(CCn1cnnn1)N1CC[C@](O)(CN2CCc3ccccc3C2)C1. The molecule has 1 amide bonds. The minimum absolute atomic E-state index is 0.0421. The highest BCUT2D eigenvalue weighted by Gasteiger charge is 2.39. The van der Waals surface area contributed by atoms with Crippen LogP contribution in [0.3, 0.4) is 0 Å². The normalized spacial score (nSPS) is 23.2. The number of aliphatic hydroxyl groups is 1. The summed E-state index contributed by atoms with van der Waals surface area (Å²) in [7, 11) is 0. The maximum absolute atomic E-state index is 12.4. The number of likely N-dealkylation sites (tertiary alicyclic amines) is 1. The molecule has 1 N–H and O–H groups in total. The van der Waals surface area contributed by atoms with Gasteiger partial charge in [0.2, 0.25) is 5.91 Å². The van der Waals surface area contributed by atoms with Gasteiger partial charge in [-0.2, -0.15) is 0 Å². The average molecular weight is 356 g/mol. The minimum atomic E-state index is -0.823. The molecule has 1 saturated heterocycles. The summed E-state index contributed by atoms with van der Waals surface area (Å²) in [6.07, 6.45) is 3.49. The van der Waals surface area contributed by atoms with Crippen molar-refractivity contribution < 1.29 is 9.90 Å². The van der Waals surface area contributed by atoms with Gasteiger partial charge in [-0.1, -0.05) is 24.3 Å². The molecule has 4 rings (SSSR count). The van der Waals surface area contributed by atoms with E-state index in [1.54, 1.807) is 9.58 Å². The zero-order valence-corrected chi connectivity index (χ0v) is 14.8. The lowest BCUT2D eigenvalue weighted by atomic mass is 9.97. The number of tetrazole rings is 1. The Bertz CT molecular complexity index is 765. The fraction of sp³-hybridized carbons (Fsp3) is 0.556. The third-order valence-corrected chi connectivity index (χ3v) is 5.36. The van der Waals surface area contributed by atoms with E-state index >= 15 is 0 Å². The van der Waals surface area contributed by atoms with Gasteiger partial charge in [-0.3, -0.25) is 9.69 Å². The Balaban J connectivity index is 1.30. The van der Waals surface area contributed by atoms with Gasteiger partial charge >= 0.3 is 0 Å². The molecule has 0 bridgehead atoms. The number of carbonyl (C=O) groups excluding carboxylic acids is 1. The topological polar surface area (TPSA) is 87.4 Å². The first-order valence-electron chi connectivity index (χ1n) is 9.11. The van der Waals surface area contributed by atoms with Crippen LogP contribution in [0.25, 0.3) is 0 Å². The van der Waals surface area contributed by atoms with E-state index in [2.05, 4.69) is 44.7 Å². The standard InChI is InChI=1S/C18H24N6O2/c25-17(6-9-24-14-19-20-21-24)23-10-7-18(26,13-23)12-22-8-5-15-3-1-2-4-16(15)11-22/h1-4,14,26H,5-13H2/t18-/m0/s1. The van der Waals surface area contributed by atoms with E-state index in [0.717, 1.165) is 19.5 Å². The lowest BCUT2D eigenvalue weighted by Gasteiger charge is -2.34. The maximum atomic E-state index is 12.4. The first-order valence-corrected chi connectivity index (χ1v) is 9.11. The molecule has 2 aliphatic rings. The Hall–Kier alpha value is -2.32. The predicted molar refractivity (Wildman–Crippen MR) is 94.0 cm³/mol. The van der Waals surface area contributed by atoms with Crippen molar-refractivity contribution in [3.63, 3.8) is 0 Å². The summed E-state index contributed by atoms with van der Waals surface area (Å²) < 4.78 is 1.55. The van der Waals surface area contributed by atoms with Gasteiger partial charge in [0.15, 0.2) is 0 Å². The molecule has 0 aliphatic carbocycles. The van der Waals surface area contributed by atoms with Crippen LogP contribution in [0.4, 0.5) is 0 Å². The van der Waals surface area contributed by atoms with Crippen LogP contribution < -0.4 is 0 Å². The van der Waals surface area contributed by atoms with Crippen molar-refractivity contribution in [2.45, 2.75) is 38.0 Å². The highest BCUT2D eigenvalue weighted by Crippen LogP contribution is 2.26. The van der Waals surface area contributed by atoms with Crippen molar-refractivity contribution in [1.29, 1.82) is 0 Å². The molecule has 8 nitrogen and oxygen atoms in total. The van der Waals surface area contributed by atoms with Crippen molar-refractivity contribution in [2.24, 2.45) is 0 Å². The summed E-state index contributed by atoms with van der Waals surface area (Å²) in [6, 6.07) is 8.49. The van der Waals surface area contributed by atoms with Gasteiger partial charge in [-0.25, -0.2) is 4.68 Å². The van der Waals surface area contributed by atoms with Crippen LogP contribution in [-0.2, 0) is 24.3 Å². The highest BCUT2D eigenvalue weighted by molar-refractivity contribution is 5.76. The summed E-state index contributed by atoms with van der Waals surface area (Å²) in [4.78, 5) is 16.5. The summed E-state index contributed by atoms with van der Waals surface area (Å²) in [5, 5.41) is 21.9. The summed E-state index contributed by atoms with van der Waals surface area (Å²) in [6.45, 7) is 3.90. The molecule has 3 heterocycles. The molecule has 0 radical (unpaired) electrons. The third kappa shape index (κ3) is 3.76. The quantitative estimate of drug-likeness (QED) is 0.817. The molecule has 8 heteroatoms. The summed E-state index contributed by atoms with van der Waals surface area (Å²) >= 11 is 0. The molecule has 1 aromatic heterocycles. The number of aromatic nitrogens is 4. The number of amides is 1. The molecular weight excluding hydrogens is 332 g/mol. The van der Waals surface area contributed by atoms with E-state index in [-0.39, 0.29) is 5.91 Å². The lowest BCUT2D eigenvalue weighted by Crippen LogP contribution is -2.47. The molecule has 2 aliphatic heterocycles. The second kappa shape index (κ2) is 7.13. The third-order valence-electron chi connectivity index (χ3n) is 5.36. The van der Waals surface area contributed by atoms with Gasteiger partial charge in [0.25, 0.3) is 0 Å². The second-order valence-corrected chi connectivity index (χ2v) is 7.34. The number of β-amino-alcohol motifs (C(OH)–C–C–N with tert-alkyl or cyclic N) is 1. The van der Waals surface area contributed by atoms with E-state index in [9.17, 15) is 9.90 Å². The zero-order chi connectivity index (χ0) is 18.0. The Morgan fingerprint density at radius 2 is 2.08 bits per heavy atom. The number of aryl methyl sites for hydroxylation is 1. The minimum Gasteiger partial charge on any atom is -0.387 e. The van der Waals surface area contributed by atoms with Gasteiger partial charge in [0.1, 0.15) is 6.33 Å². The van der Waals surface area contributed by atoms with E-state index in [1.165, 1.54) is 17.5 Å². The monoisotopic (exact) mass is 356 g/mol. The number of fused-ring (bicyclic) bond motifs is 1. The van der Waals surface area contributed by atoms with Crippen LogP contribution >= 0.6 is 0 Å². The number of hydrogen-bond donors (Lipinski definition) is 1. The van der Waals surface area contributed by atoms with Crippen LogP contribution in [-0.4, -0.2) is 72.8 Å². The molecule has 1 aromatic carbocycles. The maximum Gasteiger partial charge on any atom is 0.224 e. The van der Waals surface area contributed by atoms with Crippen molar-refractivity contribution in [3.8, 4) is 0 Å². The number of rotatable bonds is 5. The fourth-order valence-corrected chi connectivity index (χ4v) is 3.95. The van der Waals surface area contributed by atoms with Crippen molar-refractivity contribution in [3.05, 3.63) is 41.7 Å². The Kier molecular flexibility index (Phi) is 4.69. The molecule has 26 heavy (non-hydrogen) atoms. The average Bonchev–Trinajstić information content (AvgIpc) is 3.29. The van der Waals surface area contributed by atoms with Crippen LogP contribution in [0.5, 0.6) is 0 Å². The van der Waals surface area contributed by atoms with Crippen LogP contribution in [0.2, 0.25) is 0 Å². The summed E-state index contributed by atoms with van der Waals surface area (Å²) in [5.41, 5.74) is 1.92. The van der Waals surface area contributed by atoms with Crippen LogP contribution in [0.1, 0.15) is 24.0 Å². The van der Waals surface area contributed by atoms with Crippen molar-refractivity contribution >= 4 is 5.91 Å². The summed E-state index contributed by atoms with van der Waals surface area (Å²) in [5.74, 6) is 0.0421. The molecule has 1 atom stereocenters. The van der Waals surface area contributed by atoms with Gasteiger partial charge in [0, 0.05) is 32.6 Å². The van der Waals surface area contributed by atoms with Gasteiger partial charge in [-0.05, 0) is 34.4 Å². The molecule has 0 spiro atoms. The van der Waals surface area contributed by atoms with E-state index in [4.69, 9.17) is 0 Å². The molecule has 1 fully saturated rings. The molecule has 2 aromatic rings. The first kappa shape index (κ1) is 17.1. The smallest absolute Gasteiger partial charge is 0.224 e. The van der Waals surface area contributed by atoms with Crippen molar-refractivity contribution in [2.75, 3.05) is 26.2 Å². The van der Waals surface area contributed by atoms with Gasteiger partial charge in [0.05, 0.1) is 18.7 Å². The highest BCUT2D eigenvalue weighted by atomic mass is 16.3. The number of carbonyl (C=O) groups is 1. The number of nitrogens with zero attached hydrogens (tertiary/aromatic N) is 6. The zero-order valence-electron chi connectivity index (χ0n) is 14.8. The molecule has 0 saturated carbocycles. The van der Waals surface area contributed by atoms with Crippen LogP contribution in [0.15, 0.2) is 30.6 Å². The molecule has 138 valence electrons. The van der Waals surface area contributed by atoms with Gasteiger partial charge in [-0.15, -0.1) is 5.10 Å². The predicted octanol–water partition coefficient (Wildman–Crippen LogP) is 0.0849. The van der Waals surface area contributed by atoms with Crippen molar-refractivity contribution in [1.82, 2.24) is 30.0 Å². The van der Waals surface area contributed by atoms with E-state index in [1.807, 2.05) is 0 Å². The molecule has 0 unspecified atom stereocenters. The fourth-order valence-electron chi connectivity index (χ4n) is 3.95. The number of hydrogen-bond acceptors (Lipinski definition) is 6. The van der Waals surface area contributed by atoms with Gasteiger partial charge < -0.3 is 10.0 Å². The Labute approximate surface area is 152 Å². The number of benzene rings is 1. The first-order chi connectivity index (χ1) is 12.6. The van der Waals surface area contributed by atoms with E-state index in [0.29, 0.717) is 39.0 Å². The van der Waals surface area contributed by atoms with Crippen LogP contribution in [0, 0.1) is 0 Å². The Morgan fingerprint density at radius 1 is 1.23 bits per heavy atom. The van der Waals surface area contributed by atoms with E-state index < -0.39 is 5.60 Å². The molecular formula is C18H24N6O2. The lowest BCUT2D eigenvalue weighted by molar-refractivity contribution is -0.131. The Morgan fingerprint density at radius 3 is 2.88 bits per heavy atom. The largest absolute Gasteiger partial charge is 0.387 e.